The third-order valence-corrected chi connectivity index (χ3v) is 3.27. The van der Waals surface area contributed by atoms with Crippen LogP contribution in [0.1, 0.15) is 5.69 Å². The van der Waals surface area contributed by atoms with Crippen LogP contribution in [0.25, 0.3) is 0 Å². The van der Waals surface area contributed by atoms with Crippen LogP contribution < -0.4 is 10.9 Å². The van der Waals surface area contributed by atoms with Crippen molar-refractivity contribution in [2.24, 2.45) is 7.05 Å². The van der Waals surface area contributed by atoms with E-state index in [0.29, 0.717) is 18.8 Å². The lowest BCUT2D eigenvalue weighted by molar-refractivity contribution is 0.652. The van der Waals surface area contributed by atoms with Crippen molar-refractivity contribution in [3.8, 4) is 0 Å². The molecule has 0 atom stereocenters. The molecule has 7 heteroatoms. The quantitative estimate of drug-likeness (QED) is 0.819. The standard InChI is InChI=1S/C13H16ClN5O/c1-3-8-19-13(20)12(14)11(9-17-19)15-6-4-10-5-7-16-18(10)2/h3,5,7,9,15H,1,4,6,8H2,2H3. The van der Waals surface area contributed by atoms with Crippen LogP contribution in [0.3, 0.4) is 0 Å². The van der Waals surface area contributed by atoms with Gasteiger partial charge in [-0.15, -0.1) is 6.58 Å². The molecular weight excluding hydrogens is 278 g/mol. The van der Waals surface area contributed by atoms with Gasteiger partial charge in [-0.2, -0.15) is 10.2 Å². The van der Waals surface area contributed by atoms with E-state index in [9.17, 15) is 4.79 Å². The van der Waals surface area contributed by atoms with Crippen LogP contribution in [0.2, 0.25) is 5.02 Å². The molecule has 0 saturated carbocycles. The van der Waals surface area contributed by atoms with Crippen LogP contribution in [0.4, 0.5) is 5.69 Å². The lowest BCUT2D eigenvalue weighted by Gasteiger charge is -2.09. The molecule has 0 aliphatic rings. The van der Waals surface area contributed by atoms with Gasteiger partial charge in [0, 0.05) is 31.9 Å². The molecule has 0 radical (unpaired) electrons. The van der Waals surface area contributed by atoms with E-state index in [-0.39, 0.29) is 10.6 Å². The van der Waals surface area contributed by atoms with E-state index >= 15 is 0 Å². The highest BCUT2D eigenvalue weighted by atomic mass is 35.5. The number of aryl methyl sites for hydroxylation is 1. The first kappa shape index (κ1) is 14.3. The Hall–Kier alpha value is -2.08. The summed E-state index contributed by atoms with van der Waals surface area (Å²) in [6.07, 6.45) is 5.68. The Bertz CT molecular complexity index is 661. The summed E-state index contributed by atoms with van der Waals surface area (Å²) in [7, 11) is 1.89. The van der Waals surface area contributed by atoms with Gasteiger partial charge < -0.3 is 5.32 Å². The number of hydrogen-bond acceptors (Lipinski definition) is 4. The van der Waals surface area contributed by atoms with Gasteiger partial charge in [0.1, 0.15) is 5.02 Å². The van der Waals surface area contributed by atoms with E-state index in [4.69, 9.17) is 11.6 Å². The van der Waals surface area contributed by atoms with E-state index in [0.717, 1.165) is 12.1 Å². The van der Waals surface area contributed by atoms with Crippen molar-refractivity contribution in [1.29, 1.82) is 0 Å². The number of anilines is 1. The van der Waals surface area contributed by atoms with Crippen molar-refractivity contribution >= 4 is 17.3 Å². The summed E-state index contributed by atoms with van der Waals surface area (Å²) in [6.45, 7) is 4.55. The first-order valence-corrected chi connectivity index (χ1v) is 6.58. The number of aromatic nitrogens is 4. The van der Waals surface area contributed by atoms with Crippen molar-refractivity contribution in [3.63, 3.8) is 0 Å². The third kappa shape index (κ3) is 3.08. The average Bonchev–Trinajstić information content (AvgIpc) is 2.84. The molecule has 2 aromatic heterocycles. The number of hydrogen-bond donors (Lipinski definition) is 1. The molecule has 0 amide bonds. The second-order valence-electron chi connectivity index (χ2n) is 4.27. The molecular formula is C13H16ClN5O. The minimum atomic E-state index is -0.322. The molecule has 20 heavy (non-hydrogen) atoms. The van der Waals surface area contributed by atoms with Crippen LogP contribution in [-0.2, 0) is 20.0 Å². The van der Waals surface area contributed by atoms with Gasteiger partial charge in [-0.3, -0.25) is 9.48 Å². The monoisotopic (exact) mass is 293 g/mol. The average molecular weight is 294 g/mol. The molecule has 2 rings (SSSR count). The maximum Gasteiger partial charge on any atom is 0.287 e. The Morgan fingerprint density at radius 2 is 2.30 bits per heavy atom. The van der Waals surface area contributed by atoms with E-state index in [1.807, 2.05) is 17.8 Å². The predicted molar refractivity (Wildman–Crippen MR) is 79.1 cm³/mol. The first-order chi connectivity index (χ1) is 9.63. The van der Waals surface area contributed by atoms with Gasteiger partial charge in [0.15, 0.2) is 0 Å². The predicted octanol–water partition coefficient (Wildman–Crippen LogP) is 1.47. The zero-order chi connectivity index (χ0) is 14.5. The van der Waals surface area contributed by atoms with Gasteiger partial charge in [-0.05, 0) is 6.07 Å². The molecule has 0 aliphatic carbocycles. The highest BCUT2D eigenvalue weighted by Gasteiger charge is 2.08. The first-order valence-electron chi connectivity index (χ1n) is 6.20. The summed E-state index contributed by atoms with van der Waals surface area (Å²) in [6, 6.07) is 1.95. The molecule has 6 nitrogen and oxygen atoms in total. The van der Waals surface area contributed by atoms with E-state index in [2.05, 4.69) is 22.1 Å². The Kier molecular flexibility index (Phi) is 4.57. The number of halogens is 1. The zero-order valence-electron chi connectivity index (χ0n) is 11.2. The number of nitrogens with one attached hydrogen (secondary N) is 1. The number of allylic oxidation sites excluding steroid dienone is 1. The van der Waals surface area contributed by atoms with Crippen LogP contribution in [-0.4, -0.2) is 26.1 Å². The number of nitrogens with zero attached hydrogens (tertiary/aromatic N) is 4. The fourth-order valence-corrected chi connectivity index (χ4v) is 2.03. The summed E-state index contributed by atoms with van der Waals surface area (Å²) < 4.78 is 3.07. The maximum atomic E-state index is 11.9. The number of rotatable bonds is 6. The van der Waals surface area contributed by atoms with Crippen LogP contribution in [0.15, 0.2) is 35.9 Å². The van der Waals surface area contributed by atoms with Crippen LogP contribution in [0, 0.1) is 0 Å². The fourth-order valence-electron chi connectivity index (χ4n) is 1.81. The van der Waals surface area contributed by atoms with Crippen molar-refractivity contribution in [3.05, 3.63) is 52.2 Å². The molecule has 2 aromatic rings. The molecule has 0 spiro atoms. The van der Waals surface area contributed by atoms with Gasteiger partial charge in [0.25, 0.3) is 5.56 Å². The van der Waals surface area contributed by atoms with Gasteiger partial charge in [-0.25, -0.2) is 4.68 Å². The Balaban J connectivity index is 2.03. The second kappa shape index (κ2) is 6.38. The molecule has 0 saturated heterocycles. The van der Waals surface area contributed by atoms with Crippen molar-refractivity contribution < 1.29 is 0 Å². The molecule has 106 valence electrons. The summed E-state index contributed by atoms with van der Waals surface area (Å²) in [4.78, 5) is 11.9. The van der Waals surface area contributed by atoms with Gasteiger partial charge in [0.2, 0.25) is 0 Å². The van der Waals surface area contributed by atoms with Crippen molar-refractivity contribution in [2.75, 3.05) is 11.9 Å². The topological polar surface area (TPSA) is 64.7 Å². The lowest BCUT2D eigenvalue weighted by Crippen LogP contribution is -2.24. The minimum absolute atomic E-state index is 0.145. The van der Waals surface area contributed by atoms with Crippen molar-refractivity contribution in [2.45, 2.75) is 13.0 Å². The largest absolute Gasteiger partial charge is 0.382 e. The molecule has 0 aliphatic heterocycles. The maximum absolute atomic E-state index is 11.9. The molecule has 0 unspecified atom stereocenters. The zero-order valence-corrected chi connectivity index (χ0v) is 12.0. The molecule has 1 N–H and O–H groups in total. The van der Waals surface area contributed by atoms with Crippen LogP contribution >= 0.6 is 11.6 Å². The Morgan fingerprint density at radius 3 is 2.95 bits per heavy atom. The van der Waals surface area contributed by atoms with E-state index in [1.54, 1.807) is 18.5 Å². The van der Waals surface area contributed by atoms with Gasteiger partial charge in [-0.1, -0.05) is 17.7 Å². The second-order valence-corrected chi connectivity index (χ2v) is 4.65. The summed E-state index contributed by atoms with van der Waals surface area (Å²) in [5.41, 5.74) is 1.32. The Labute approximate surface area is 121 Å². The van der Waals surface area contributed by atoms with Gasteiger partial charge in [0.05, 0.1) is 18.4 Å². The highest BCUT2D eigenvalue weighted by Crippen LogP contribution is 2.15. The summed E-state index contributed by atoms with van der Waals surface area (Å²) in [5.74, 6) is 0. The van der Waals surface area contributed by atoms with Crippen LogP contribution in [0.5, 0.6) is 0 Å². The third-order valence-electron chi connectivity index (χ3n) is 2.91. The molecule has 0 fully saturated rings. The summed E-state index contributed by atoms with van der Waals surface area (Å²) >= 11 is 6.04. The SMILES string of the molecule is C=CCn1ncc(NCCc2ccnn2C)c(Cl)c1=O. The molecule has 0 bridgehead atoms. The normalized spacial score (nSPS) is 10.5. The Morgan fingerprint density at radius 1 is 1.50 bits per heavy atom. The highest BCUT2D eigenvalue weighted by molar-refractivity contribution is 6.32. The van der Waals surface area contributed by atoms with Gasteiger partial charge >= 0.3 is 0 Å². The van der Waals surface area contributed by atoms with Crippen molar-refractivity contribution in [1.82, 2.24) is 19.6 Å². The molecule has 2 heterocycles. The minimum Gasteiger partial charge on any atom is -0.382 e. The fraction of sp³-hybridized carbons (Fsp3) is 0.308. The smallest absolute Gasteiger partial charge is 0.287 e. The van der Waals surface area contributed by atoms with E-state index < -0.39 is 0 Å². The van der Waals surface area contributed by atoms with E-state index in [1.165, 1.54) is 4.68 Å². The lowest BCUT2D eigenvalue weighted by atomic mass is 10.3. The summed E-state index contributed by atoms with van der Waals surface area (Å²) in [5, 5.41) is 11.4. The molecule has 0 aromatic carbocycles.